The van der Waals surface area contributed by atoms with Crippen molar-refractivity contribution in [3.63, 3.8) is 0 Å². The predicted molar refractivity (Wildman–Crippen MR) is 68.7 cm³/mol. The van der Waals surface area contributed by atoms with Gasteiger partial charge in [-0.2, -0.15) is 0 Å². The number of carboxylic acid groups (broad SMARTS) is 1. The van der Waals surface area contributed by atoms with Gasteiger partial charge in [-0.15, -0.1) is 11.3 Å². The third-order valence-corrected chi connectivity index (χ3v) is 4.56. The maximum absolute atomic E-state index is 11.9. The quantitative estimate of drug-likeness (QED) is 0.878. The highest BCUT2D eigenvalue weighted by Gasteiger charge is 2.20. The van der Waals surface area contributed by atoms with Gasteiger partial charge in [0.15, 0.2) is 0 Å². The minimum atomic E-state index is -3.84. The van der Waals surface area contributed by atoms with Gasteiger partial charge < -0.3 is 9.52 Å². The molecule has 2 N–H and O–H groups in total. The molecule has 0 atom stereocenters. The van der Waals surface area contributed by atoms with E-state index < -0.39 is 26.8 Å². The summed E-state index contributed by atoms with van der Waals surface area (Å²) in [6.45, 7) is 2.07. The Morgan fingerprint density at radius 3 is 2.63 bits per heavy atom. The van der Waals surface area contributed by atoms with Crippen LogP contribution >= 0.6 is 11.3 Å². The minimum absolute atomic E-state index is 0.143. The molecule has 2 rings (SSSR count). The lowest BCUT2D eigenvalue weighted by molar-refractivity contribution is 0.0656. The third kappa shape index (κ3) is 3.22. The Morgan fingerprint density at radius 1 is 1.37 bits per heavy atom. The number of hydrogen-bond donors (Lipinski definition) is 2. The van der Waals surface area contributed by atoms with Crippen LogP contribution in [0.2, 0.25) is 0 Å². The van der Waals surface area contributed by atoms with E-state index >= 15 is 0 Å². The Hall–Kier alpha value is -1.64. The molecule has 0 aliphatic rings. The highest BCUT2D eigenvalue weighted by atomic mass is 32.2. The molecule has 0 aliphatic carbocycles. The number of sulfonamides is 1. The van der Waals surface area contributed by atoms with E-state index in [4.69, 9.17) is 9.52 Å². The minimum Gasteiger partial charge on any atom is -0.475 e. The lowest BCUT2D eigenvalue weighted by Gasteiger charge is -2.01. The molecule has 2 aromatic heterocycles. The first-order chi connectivity index (χ1) is 8.88. The number of carboxylic acids is 1. The van der Waals surface area contributed by atoms with Gasteiger partial charge in [-0.25, -0.2) is 17.9 Å². The molecule has 8 heteroatoms. The summed E-state index contributed by atoms with van der Waals surface area (Å²) in [5.74, 6) is -1.72. The van der Waals surface area contributed by atoms with Crippen molar-refractivity contribution in [2.45, 2.75) is 18.6 Å². The molecule has 102 valence electrons. The standard InChI is InChI=1S/C11H11NO5S2/c1-7-2-3-8(18-7)6-12-19(15,16)10-5-4-9(17-10)11(13)14/h2-5,12H,6H2,1H3,(H,13,14). The molecule has 0 radical (unpaired) electrons. The van der Waals surface area contributed by atoms with Crippen molar-refractivity contribution in [2.75, 3.05) is 0 Å². The van der Waals surface area contributed by atoms with Crippen LogP contribution in [0.1, 0.15) is 20.3 Å². The van der Waals surface area contributed by atoms with Crippen LogP contribution in [0.25, 0.3) is 0 Å². The second kappa shape index (κ2) is 5.16. The molecule has 0 aliphatic heterocycles. The maximum Gasteiger partial charge on any atom is 0.371 e. The number of thiophene rings is 1. The van der Waals surface area contributed by atoms with E-state index in [2.05, 4.69) is 4.72 Å². The second-order valence-corrected chi connectivity index (χ2v) is 6.83. The van der Waals surface area contributed by atoms with E-state index in [9.17, 15) is 13.2 Å². The molecule has 2 heterocycles. The van der Waals surface area contributed by atoms with Crippen LogP contribution in [0.5, 0.6) is 0 Å². The Kier molecular flexibility index (Phi) is 3.74. The van der Waals surface area contributed by atoms with Crippen LogP contribution in [-0.2, 0) is 16.6 Å². The number of nitrogens with one attached hydrogen (secondary N) is 1. The van der Waals surface area contributed by atoms with Crippen molar-refractivity contribution >= 4 is 27.3 Å². The summed E-state index contributed by atoms with van der Waals surface area (Å²) >= 11 is 1.48. The molecule has 2 aromatic rings. The first kappa shape index (κ1) is 13.8. The van der Waals surface area contributed by atoms with E-state index in [1.54, 1.807) is 0 Å². The number of carbonyl (C=O) groups is 1. The molecule has 0 bridgehead atoms. The zero-order valence-corrected chi connectivity index (χ0v) is 11.5. The largest absolute Gasteiger partial charge is 0.475 e. The summed E-state index contributed by atoms with van der Waals surface area (Å²) in [7, 11) is -3.84. The van der Waals surface area contributed by atoms with Gasteiger partial charge >= 0.3 is 5.97 Å². The molecule has 0 aromatic carbocycles. The van der Waals surface area contributed by atoms with Gasteiger partial charge in [0.05, 0.1) is 0 Å². The van der Waals surface area contributed by atoms with Crippen LogP contribution in [0, 0.1) is 6.92 Å². The fourth-order valence-corrected chi connectivity index (χ4v) is 3.25. The molecule has 0 amide bonds. The molecule has 19 heavy (non-hydrogen) atoms. The lowest BCUT2D eigenvalue weighted by atomic mass is 10.4. The molecule has 0 saturated carbocycles. The molecule has 6 nitrogen and oxygen atoms in total. The zero-order valence-electron chi connectivity index (χ0n) is 9.91. The summed E-state index contributed by atoms with van der Waals surface area (Å²) in [5.41, 5.74) is 0. The Bertz CT molecular complexity index is 698. The van der Waals surface area contributed by atoms with Crippen LogP contribution in [0.3, 0.4) is 0 Å². The summed E-state index contributed by atoms with van der Waals surface area (Å²) in [6, 6.07) is 5.94. The van der Waals surface area contributed by atoms with Crippen molar-refractivity contribution < 1.29 is 22.7 Å². The number of aryl methyl sites for hydroxylation is 1. The molecule has 0 saturated heterocycles. The van der Waals surface area contributed by atoms with E-state index in [0.717, 1.165) is 21.9 Å². The lowest BCUT2D eigenvalue weighted by Crippen LogP contribution is -2.22. The first-order valence-corrected chi connectivity index (χ1v) is 7.56. The third-order valence-electron chi connectivity index (χ3n) is 2.29. The van der Waals surface area contributed by atoms with Crippen molar-refractivity contribution in [3.8, 4) is 0 Å². The molecular weight excluding hydrogens is 290 g/mol. The second-order valence-electron chi connectivity index (χ2n) is 3.76. The van der Waals surface area contributed by atoms with E-state index in [1.165, 1.54) is 11.3 Å². The Morgan fingerprint density at radius 2 is 2.11 bits per heavy atom. The zero-order chi connectivity index (χ0) is 14.0. The Balaban J connectivity index is 2.11. The molecule has 0 spiro atoms. The van der Waals surface area contributed by atoms with Crippen LogP contribution in [0.15, 0.2) is 33.8 Å². The van der Waals surface area contributed by atoms with Gasteiger partial charge in [0.1, 0.15) is 0 Å². The number of aromatic carboxylic acids is 1. The van der Waals surface area contributed by atoms with Gasteiger partial charge in [-0.3, -0.25) is 0 Å². The topological polar surface area (TPSA) is 96.6 Å². The predicted octanol–water partition coefficient (Wildman–Crippen LogP) is 1.83. The van der Waals surface area contributed by atoms with E-state index in [1.807, 2.05) is 19.1 Å². The van der Waals surface area contributed by atoms with Crippen LogP contribution in [0.4, 0.5) is 0 Å². The normalized spacial score (nSPS) is 11.6. The van der Waals surface area contributed by atoms with Crippen LogP contribution < -0.4 is 4.72 Å². The maximum atomic E-state index is 11.9. The van der Waals surface area contributed by atoms with Crippen molar-refractivity contribution in [1.82, 2.24) is 4.72 Å². The molecule has 0 fully saturated rings. The van der Waals surface area contributed by atoms with Crippen molar-refractivity contribution in [2.24, 2.45) is 0 Å². The first-order valence-electron chi connectivity index (χ1n) is 5.26. The smallest absolute Gasteiger partial charge is 0.371 e. The van der Waals surface area contributed by atoms with E-state index in [-0.39, 0.29) is 6.54 Å². The van der Waals surface area contributed by atoms with Crippen molar-refractivity contribution in [3.05, 3.63) is 39.8 Å². The number of rotatable bonds is 5. The van der Waals surface area contributed by atoms with Gasteiger partial charge in [0.25, 0.3) is 10.0 Å². The highest BCUT2D eigenvalue weighted by Crippen LogP contribution is 2.17. The van der Waals surface area contributed by atoms with Gasteiger partial charge in [-0.1, -0.05) is 0 Å². The van der Waals surface area contributed by atoms with E-state index in [0.29, 0.717) is 0 Å². The SMILES string of the molecule is Cc1ccc(CNS(=O)(=O)c2ccc(C(=O)O)o2)s1. The average Bonchev–Trinajstić information content (AvgIpc) is 2.95. The molecule has 0 unspecified atom stereocenters. The number of hydrogen-bond acceptors (Lipinski definition) is 5. The van der Waals surface area contributed by atoms with Crippen LogP contribution in [-0.4, -0.2) is 19.5 Å². The fourth-order valence-electron chi connectivity index (χ4n) is 1.40. The van der Waals surface area contributed by atoms with Gasteiger partial charge in [0, 0.05) is 16.3 Å². The fraction of sp³-hybridized carbons (Fsp3) is 0.182. The summed E-state index contributed by atoms with van der Waals surface area (Å²) in [6.07, 6.45) is 0. The Labute approximate surface area is 113 Å². The summed E-state index contributed by atoms with van der Waals surface area (Å²) < 4.78 is 30.8. The summed E-state index contributed by atoms with van der Waals surface area (Å²) in [4.78, 5) is 12.6. The average molecular weight is 301 g/mol. The summed E-state index contributed by atoms with van der Waals surface area (Å²) in [5, 5.41) is 8.26. The molecular formula is C11H11NO5S2. The van der Waals surface area contributed by atoms with Gasteiger partial charge in [-0.05, 0) is 31.2 Å². The monoisotopic (exact) mass is 301 g/mol. The highest BCUT2D eigenvalue weighted by molar-refractivity contribution is 7.89. The van der Waals surface area contributed by atoms with Gasteiger partial charge in [0.2, 0.25) is 10.9 Å². The number of furan rings is 1. The van der Waals surface area contributed by atoms with Crippen molar-refractivity contribution in [1.29, 1.82) is 0 Å².